The van der Waals surface area contributed by atoms with Crippen LogP contribution in [0.3, 0.4) is 0 Å². The van der Waals surface area contributed by atoms with Gasteiger partial charge in [0.25, 0.3) is 0 Å². The van der Waals surface area contributed by atoms with E-state index in [9.17, 15) is 23.7 Å². The minimum Gasteiger partial charge on any atom is -0.394 e. The number of ether oxygens (including phenoxy) is 2. The molecule has 1 saturated heterocycles. The Kier molecular flexibility index (Phi) is 6.42. The first-order valence-corrected chi connectivity index (χ1v) is 11.6. The number of benzene rings is 2. The van der Waals surface area contributed by atoms with Crippen LogP contribution in [0.4, 0.5) is 0 Å². The van der Waals surface area contributed by atoms with E-state index in [0.29, 0.717) is 5.56 Å². The molecule has 0 bridgehead atoms. The Morgan fingerprint density at radius 1 is 1.10 bits per heavy atom. The summed E-state index contributed by atoms with van der Waals surface area (Å²) in [5.74, 6) is 0. The highest BCUT2D eigenvalue weighted by atomic mass is 32.2. The number of aliphatic hydroxyl groups is 3. The third-order valence-corrected chi connectivity index (χ3v) is 7.60. The standard InChI is InChI=1S/C22H25NO7S/c24-12-14-10-19(25)21(26)22(30-14)29-13-20(31(27,28)15-6-2-1-3-7-15)17-11-23-18-9-5-4-8-16(17)18/h1-9,11,14,19-26H,10,12-13H2/t14-,19-,20?,21+,22-/m0/s1. The minimum atomic E-state index is -3.86. The van der Waals surface area contributed by atoms with E-state index in [2.05, 4.69) is 4.98 Å². The average molecular weight is 448 g/mol. The van der Waals surface area contributed by atoms with Crippen molar-refractivity contribution >= 4 is 20.7 Å². The number of nitrogens with one attached hydrogen (secondary N) is 1. The monoisotopic (exact) mass is 447 g/mol. The first-order valence-electron chi connectivity index (χ1n) is 10.0. The zero-order valence-electron chi connectivity index (χ0n) is 16.7. The van der Waals surface area contributed by atoms with Crippen LogP contribution in [0.5, 0.6) is 0 Å². The number of hydrogen-bond acceptors (Lipinski definition) is 7. The van der Waals surface area contributed by atoms with E-state index in [1.165, 1.54) is 12.1 Å². The Bertz CT molecular complexity index is 1120. The predicted molar refractivity (Wildman–Crippen MR) is 113 cm³/mol. The molecule has 0 aliphatic carbocycles. The van der Waals surface area contributed by atoms with Gasteiger partial charge in [-0.05, 0) is 23.8 Å². The first kappa shape index (κ1) is 21.9. The van der Waals surface area contributed by atoms with Crippen molar-refractivity contribution in [1.29, 1.82) is 0 Å². The van der Waals surface area contributed by atoms with Gasteiger partial charge in [-0.3, -0.25) is 0 Å². The van der Waals surface area contributed by atoms with E-state index in [-0.39, 0.29) is 24.5 Å². The molecule has 1 aromatic heterocycles. The fourth-order valence-electron chi connectivity index (χ4n) is 3.83. The number of rotatable bonds is 7. The van der Waals surface area contributed by atoms with Crippen LogP contribution in [0.15, 0.2) is 65.7 Å². The predicted octanol–water partition coefficient (Wildman–Crippen LogP) is 1.53. The van der Waals surface area contributed by atoms with E-state index >= 15 is 0 Å². The van der Waals surface area contributed by atoms with Crippen molar-refractivity contribution in [3.63, 3.8) is 0 Å². The lowest BCUT2D eigenvalue weighted by Gasteiger charge is -2.36. The smallest absolute Gasteiger partial charge is 0.187 e. The maximum absolute atomic E-state index is 13.5. The van der Waals surface area contributed by atoms with Gasteiger partial charge < -0.3 is 29.8 Å². The molecule has 166 valence electrons. The molecule has 0 amide bonds. The fourth-order valence-corrected chi connectivity index (χ4v) is 5.49. The number of hydrogen-bond donors (Lipinski definition) is 4. The number of sulfone groups is 1. The molecule has 0 spiro atoms. The molecule has 9 heteroatoms. The van der Waals surface area contributed by atoms with Crippen molar-refractivity contribution in [3.05, 3.63) is 66.4 Å². The van der Waals surface area contributed by atoms with Gasteiger partial charge in [-0.1, -0.05) is 36.4 Å². The molecule has 4 rings (SSSR count). The Labute approximate surface area is 180 Å². The summed E-state index contributed by atoms with van der Waals surface area (Å²) in [5, 5.41) is 29.3. The topological polar surface area (TPSA) is 129 Å². The molecule has 4 N–H and O–H groups in total. The van der Waals surface area contributed by atoms with Gasteiger partial charge in [0.05, 0.1) is 30.3 Å². The Morgan fingerprint density at radius 2 is 1.81 bits per heavy atom. The molecule has 2 heterocycles. The van der Waals surface area contributed by atoms with E-state index in [1.54, 1.807) is 24.4 Å². The Hall–Kier alpha value is -2.27. The van der Waals surface area contributed by atoms with Crippen LogP contribution in [0.25, 0.3) is 10.9 Å². The maximum Gasteiger partial charge on any atom is 0.187 e. The van der Waals surface area contributed by atoms with Crippen LogP contribution in [-0.2, 0) is 19.3 Å². The summed E-state index contributed by atoms with van der Waals surface area (Å²) in [6.07, 6.45) is -2.77. The highest BCUT2D eigenvalue weighted by molar-refractivity contribution is 7.91. The molecule has 3 aromatic rings. The van der Waals surface area contributed by atoms with Crippen molar-refractivity contribution in [3.8, 4) is 0 Å². The summed E-state index contributed by atoms with van der Waals surface area (Å²) >= 11 is 0. The third kappa shape index (κ3) is 4.38. The maximum atomic E-state index is 13.5. The fraction of sp³-hybridized carbons (Fsp3) is 0.364. The molecule has 8 nitrogen and oxygen atoms in total. The third-order valence-electron chi connectivity index (χ3n) is 5.53. The average Bonchev–Trinajstić information content (AvgIpc) is 3.21. The second-order valence-corrected chi connectivity index (χ2v) is 9.70. The summed E-state index contributed by atoms with van der Waals surface area (Å²) in [7, 11) is -3.86. The Morgan fingerprint density at radius 3 is 2.55 bits per heavy atom. The van der Waals surface area contributed by atoms with Gasteiger partial charge in [-0.2, -0.15) is 0 Å². The van der Waals surface area contributed by atoms with E-state index in [0.717, 1.165) is 10.9 Å². The molecule has 1 aliphatic rings. The number of H-pyrrole nitrogens is 1. The number of aromatic amines is 1. The normalized spacial score (nSPS) is 25.5. The highest BCUT2D eigenvalue weighted by Gasteiger charge is 2.39. The van der Waals surface area contributed by atoms with Crippen LogP contribution in [0, 0.1) is 0 Å². The molecule has 31 heavy (non-hydrogen) atoms. The van der Waals surface area contributed by atoms with Gasteiger partial charge in [0.15, 0.2) is 16.1 Å². The van der Waals surface area contributed by atoms with E-state index in [4.69, 9.17) is 9.47 Å². The zero-order chi connectivity index (χ0) is 22.0. The van der Waals surface area contributed by atoms with Gasteiger partial charge in [-0.15, -0.1) is 0 Å². The second-order valence-electron chi connectivity index (χ2n) is 7.57. The van der Waals surface area contributed by atoms with Gasteiger partial charge in [0.1, 0.15) is 11.4 Å². The van der Waals surface area contributed by atoms with Crippen LogP contribution >= 0.6 is 0 Å². The van der Waals surface area contributed by atoms with Crippen molar-refractivity contribution in [1.82, 2.24) is 4.98 Å². The number of fused-ring (bicyclic) bond motifs is 1. The van der Waals surface area contributed by atoms with Crippen molar-refractivity contribution in [2.24, 2.45) is 0 Å². The lowest BCUT2D eigenvalue weighted by Crippen LogP contribution is -2.50. The Balaban J connectivity index is 1.68. The molecule has 0 radical (unpaired) electrons. The molecule has 5 atom stereocenters. The van der Waals surface area contributed by atoms with Crippen LogP contribution in [0.2, 0.25) is 0 Å². The minimum absolute atomic E-state index is 0.0612. The first-order chi connectivity index (χ1) is 14.9. The van der Waals surface area contributed by atoms with Crippen LogP contribution in [-0.4, -0.2) is 66.5 Å². The van der Waals surface area contributed by atoms with Gasteiger partial charge in [-0.25, -0.2) is 8.42 Å². The molecule has 0 saturated carbocycles. The van der Waals surface area contributed by atoms with Gasteiger partial charge in [0.2, 0.25) is 0 Å². The summed E-state index contributed by atoms with van der Waals surface area (Å²) in [6.45, 7) is -0.663. The second kappa shape index (κ2) is 9.07. The van der Waals surface area contributed by atoms with Crippen molar-refractivity contribution in [2.75, 3.05) is 13.2 Å². The lowest BCUT2D eigenvalue weighted by molar-refractivity contribution is -0.270. The summed E-state index contributed by atoms with van der Waals surface area (Å²) < 4.78 is 38.3. The largest absolute Gasteiger partial charge is 0.394 e. The highest BCUT2D eigenvalue weighted by Crippen LogP contribution is 2.35. The van der Waals surface area contributed by atoms with E-state index < -0.39 is 39.7 Å². The van der Waals surface area contributed by atoms with Crippen molar-refractivity contribution < 1.29 is 33.2 Å². The lowest BCUT2D eigenvalue weighted by atomic mass is 10.0. The van der Waals surface area contributed by atoms with Crippen molar-refractivity contribution in [2.45, 2.75) is 41.2 Å². The number of aliphatic hydroxyl groups excluding tert-OH is 3. The number of para-hydroxylation sites is 1. The molecular weight excluding hydrogens is 422 g/mol. The quantitative estimate of drug-likeness (QED) is 0.432. The SMILES string of the molecule is O=S(=O)(c1ccccc1)C(CO[C@H]1O[C@H](CO)C[C@H](O)[C@H]1O)c1c[nH]c2ccccc12. The zero-order valence-corrected chi connectivity index (χ0v) is 17.5. The molecule has 1 aliphatic heterocycles. The van der Waals surface area contributed by atoms with Crippen LogP contribution in [0.1, 0.15) is 17.2 Å². The summed E-state index contributed by atoms with van der Waals surface area (Å²) in [4.78, 5) is 3.23. The van der Waals surface area contributed by atoms with E-state index in [1.807, 2.05) is 24.3 Å². The molecule has 2 aromatic carbocycles. The molecular formula is C22H25NO7S. The number of aromatic nitrogens is 1. The summed E-state index contributed by atoms with van der Waals surface area (Å²) in [5.41, 5.74) is 1.32. The molecule has 1 fully saturated rings. The molecule has 1 unspecified atom stereocenters. The summed E-state index contributed by atoms with van der Waals surface area (Å²) in [6, 6.07) is 15.4. The van der Waals surface area contributed by atoms with Gasteiger partial charge in [0, 0.05) is 23.5 Å². The van der Waals surface area contributed by atoms with Crippen LogP contribution < -0.4 is 0 Å². The van der Waals surface area contributed by atoms with Gasteiger partial charge >= 0.3 is 0 Å².